The van der Waals surface area contributed by atoms with Crippen molar-refractivity contribution >= 4 is 44.8 Å². The van der Waals surface area contributed by atoms with Gasteiger partial charge in [-0.2, -0.15) is 4.31 Å². The summed E-state index contributed by atoms with van der Waals surface area (Å²) in [5.74, 6) is -0.483. The zero-order valence-electron chi connectivity index (χ0n) is 15.5. The monoisotopic (exact) mass is 440 g/mol. The molecule has 2 aromatic rings. The lowest BCUT2D eigenvalue weighted by molar-refractivity contribution is 0.102. The van der Waals surface area contributed by atoms with Crippen molar-refractivity contribution in [1.29, 1.82) is 0 Å². The topological polar surface area (TPSA) is 66.5 Å². The lowest BCUT2D eigenvalue weighted by Crippen LogP contribution is -2.32. The molecule has 0 unspecified atom stereocenters. The Morgan fingerprint density at radius 1 is 1.00 bits per heavy atom. The molecule has 1 aliphatic rings. The molecule has 1 fully saturated rings. The van der Waals surface area contributed by atoms with Crippen LogP contribution in [0.2, 0.25) is 10.0 Å². The maximum Gasteiger partial charge on any atom is 0.257 e. The van der Waals surface area contributed by atoms with E-state index in [1.807, 2.05) is 6.92 Å². The second-order valence-corrected chi connectivity index (χ2v) is 9.65. The summed E-state index contributed by atoms with van der Waals surface area (Å²) in [6.45, 7) is 2.83. The number of benzene rings is 2. The standard InChI is InChI=1S/C20H22Cl2N2O3S/c1-14-6-7-15(21)12-19(14)23-20(25)17-13-16(8-9-18(17)22)28(26,27)24-10-4-2-3-5-11-24/h6-9,12-13H,2-5,10-11H2,1H3,(H,23,25). The number of hydrogen-bond acceptors (Lipinski definition) is 3. The Morgan fingerprint density at radius 3 is 2.36 bits per heavy atom. The average Bonchev–Trinajstić information content (AvgIpc) is 2.95. The Labute approximate surface area is 175 Å². The minimum absolute atomic E-state index is 0.0757. The lowest BCUT2D eigenvalue weighted by atomic mass is 10.1. The zero-order chi connectivity index (χ0) is 20.3. The van der Waals surface area contributed by atoms with Gasteiger partial charge in [0.2, 0.25) is 10.0 Å². The van der Waals surface area contributed by atoms with Crippen LogP contribution < -0.4 is 5.32 Å². The van der Waals surface area contributed by atoms with Crippen molar-refractivity contribution in [1.82, 2.24) is 4.31 Å². The average molecular weight is 441 g/mol. The number of nitrogens with zero attached hydrogens (tertiary/aromatic N) is 1. The van der Waals surface area contributed by atoms with Crippen molar-refractivity contribution in [3.05, 3.63) is 57.6 Å². The van der Waals surface area contributed by atoms with Crippen molar-refractivity contribution in [2.45, 2.75) is 37.5 Å². The van der Waals surface area contributed by atoms with Crippen molar-refractivity contribution in [3.63, 3.8) is 0 Å². The molecule has 1 N–H and O–H groups in total. The summed E-state index contributed by atoms with van der Waals surface area (Å²) in [6, 6.07) is 9.40. The maximum absolute atomic E-state index is 13.0. The van der Waals surface area contributed by atoms with Crippen LogP contribution in [0.1, 0.15) is 41.6 Å². The second kappa shape index (κ2) is 8.82. The van der Waals surface area contributed by atoms with E-state index in [-0.39, 0.29) is 15.5 Å². The molecule has 1 heterocycles. The highest BCUT2D eigenvalue weighted by Crippen LogP contribution is 2.27. The van der Waals surface area contributed by atoms with Crippen LogP contribution >= 0.6 is 23.2 Å². The summed E-state index contributed by atoms with van der Waals surface area (Å²) in [5, 5.41) is 3.44. The van der Waals surface area contributed by atoms with Gasteiger partial charge in [0.1, 0.15) is 0 Å². The van der Waals surface area contributed by atoms with E-state index >= 15 is 0 Å². The summed E-state index contributed by atoms with van der Waals surface area (Å²) in [4.78, 5) is 12.8. The summed E-state index contributed by atoms with van der Waals surface area (Å²) in [5.41, 5.74) is 1.49. The molecule has 28 heavy (non-hydrogen) atoms. The van der Waals surface area contributed by atoms with E-state index in [4.69, 9.17) is 23.2 Å². The molecule has 5 nitrogen and oxygen atoms in total. The third-order valence-corrected chi connectivity index (χ3v) is 7.29. The number of hydrogen-bond donors (Lipinski definition) is 1. The third-order valence-electron chi connectivity index (χ3n) is 4.83. The molecule has 0 saturated carbocycles. The summed E-state index contributed by atoms with van der Waals surface area (Å²) < 4.78 is 27.5. The summed E-state index contributed by atoms with van der Waals surface area (Å²) in [6.07, 6.45) is 3.74. The van der Waals surface area contributed by atoms with E-state index in [9.17, 15) is 13.2 Å². The quantitative estimate of drug-likeness (QED) is 0.716. The van der Waals surface area contributed by atoms with Gasteiger partial charge in [0.15, 0.2) is 0 Å². The van der Waals surface area contributed by atoms with Gasteiger partial charge < -0.3 is 5.32 Å². The molecule has 1 amide bonds. The van der Waals surface area contributed by atoms with Crippen molar-refractivity contribution in [2.24, 2.45) is 0 Å². The molecule has 0 aliphatic carbocycles. The molecule has 1 saturated heterocycles. The number of halogens is 2. The van der Waals surface area contributed by atoms with Gasteiger partial charge in [0.05, 0.1) is 15.5 Å². The SMILES string of the molecule is Cc1ccc(Cl)cc1NC(=O)c1cc(S(=O)(=O)N2CCCCCC2)ccc1Cl. The van der Waals surface area contributed by atoms with Crippen LogP contribution in [-0.4, -0.2) is 31.7 Å². The molecular formula is C20H22Cl2N2O3S. The first-order chi connectivity index (χ1) is 13.3. The number of carbonyl (C=O) groups is 1. The van der Waals surface area contributed by atoms with Crippen LogP contribution in [0.25, 0.3) is 0 Å². The van der Waals surface area contributed by atoms with Crippen molar-refractivity contribution in [2.75, 3.05) is 18.4 Å². The fraction of sp³-hybridized carbons (Fsp3) is 0.350. The van der Waals surface area contributed by atoms with Gasteiger partial charge in [0, 0.05) is 23.8 Å². The Morgan fingerprint density at radius 2 is 1.68 bits per heavy atom. The number of amides is 1. The Balaban J connectivity index is 1.90. The van der Waals surface area contributed by atoms with Gasteiger partial charge in [-0.1, -0.05) is 42.1 Å². The lowest BCUT2D eigenvalue weighted by Gasteiger charge is -2.20. The molecule has 3 rings (SSSR count). The van der Waals surface area contributed by atoms with Crippen molar-refractivity contribution in [3.8, 4) is 0 Å². The van der Waals surface area contributed by atoms with Crippen molar-refractivity contribution < 1.29 is 13.2 Å². The highest BCUT2D eigenvalue weighted by molar-refractivity contribution is 7.89. The molecule has 150 valence electrons. The van der Waals surface area contributed by atoms with Crippen LogP contribution in [0.4, 0.5) is 5.69 Å². The van der Waals surface area contributed by atoms with Gasteiger partial charge >= 0.3 is 0 Å². The van der Waals surface area contributed by atoms with Gasteiger partial charge in [-0.15, -0.1) is 0 Å². The summed E-state index contributed by atoms with van der Waals surface area (Å²) in [7, 11) is -3.67. The minimum atomic E-state index is -3.67. The fourth-order valence-corrected chi connectivity index (χ4v) is 5.11. The normalized spacial score (nSPS) is 15.8. The predicted octanol–water partition coefficient (Wildman–Crippen LogP) is 5.12. The number of rotatable bonds is 4. The molecule has 2 aromatic carbocycles. The molecule has 0 aromatic heterocycles. The van der Waals surface area contributed by atoms with E-state index in [0.717, 1.165) is 31.2 Å². The molecule has 0 bridgehead atoms. The van der Waals surface area contributed by atoms with E-state index < -0.39 is 15.9 Å². The van der Waals surface area contributed by atoms with Gasteiger partial charge in [0.25, 0.3) is 5.91 Å². The number of aryl methyl sites for hydroxylation is 1. The van der Waals surface area contributed by atoms with E-state index in [1.165, 1.54) is 22.5 Å². The number of carbonyl (C=O) groups excluding carboxylic acids is 1. The predicted molar refractivity (Wildman–Crippen MR) is 113 cm³/mol. The Bertz CT molecular complexity index is 985. The molecule has 8 heteroatoms. The smallest absolute Gasteiger partial charge is 0.257 e. The van der Waals surface area contributed by atoms with Gasteiger partial charge in [-0.25, -0.2) is 8.42 Å². The first-order valence-electron chi connectivity index (χ1n) is 9.16. The number of anilines is 1. The molecule has 1 aliphatic heterocycles. The highest BCUT2D eigenvalue weighted by Gasteiger charge is 2.26. The number of nitrogens with one attached hydrogen (secondary N) is 1. The zero-order valence-corrected chi connectivity index (χ0v) is 17.9. The molecule has 0 spiro atoms. The van der Waals surface area contributed by atoms with Crippen LogP contribution in [0.15, 0.2) is 41.3 Å². The minimum Gasteiger partial charge on any atom is -0.322 e. The van der Waals surface area contributed by atoms with Crippen LogP contribution in [0.3, 0.4) is 0 Å². The number of sulfonamides is 1. The van der Waals surface area contributed by atoms with E-state index in [1.54, 1.807) is 18.2 Å². The first kappa shape index (κ1) is 21.1. The van der Waals surface area contributed by atoms with E-state index in [0.29, 0.717) is 23.8 Å². The van der Waals surface area contributed by atoms with Crippen LogP contribution in [0.5, 0.6) is 0 Å². The highest BCUT2D eigenvalue weighted by atomic mass is 35.5. The fourth-order valence-electron chi connectivity index (χ4n) is 3.19. The molecular weight excluding hydrogens is 419 g/mol. The Hall–Kier alpha value is -1.60. The maximum atomic E-state index is 13.0. The van der Waals surface area contributed by atoms with Gasteiger partial charge in [-0.3, -0.25) is 4.79 Å². The second-order valence-electron chi connectivity index (χ2n) is 6.87. The van der Waals surface area contributed by atoms with Crippen LogP contribution in [-0.2, 0) is 10.0 Å². The molecule has 0 atom stereocenters. The third kappa shape index (κ3) is 4.69. The van der Waals surface area contributed by atoms with Crippen LogP contribution in [0, 0.1) is 6.92 Å². The molecule has 0 radical (unpaired) electrons. The van der Waals surface area contributed by atoms with Gasteiger partial charge in [-0.05, 0) is 55.7 Å². The largest absolute Gasteiger partial charge is 0.322 e. The Kier molecular flexibility index (Phi) is 6.65. The first-order valence-corrected chi connectivity index (χ1v) is 11.4. The summed E-state index contributed by atoms with van der Waals surface area (Å²) >= 11 is 12.2. The van der Waals surface area contributed by atoms with E-state index in [2.05, 4.69) is 5.32 Å².